The third kappa shape index (κ3) is 3.64. The number of carbonyl (C=O) groups is 2. The predicted molar refractivity (Wildman–Crippen MR) is 101 cm³/mol. The maximum Gasteiger partial charge on any atom is 0.340 e. The zero-order valence-corrected chi connectivity index (χ0v) is 15.9. The van der Waals surface area contributed by atoms with Crippen LogP contribution in [-0.2, 0) is 20.9 Å². The molecule has 1 N–H and O–H groups in total. The molecule has 1 aliphatic rings. The number of methoxy groups -OCH3 is 1. The van der Waals surface area contributed by atoms with Crippen molar-refractivity contribution in [3.63, 3.8) is 0 Å². The quantitative estimate of drug-likeness (QED) is 0.608. The first kappa shape index (κ1) is 19.3. The number of ether oxygens (including phenoxy) is 2. The molecule has 7 nitrogen and oxygen atoms in total. The van der Waals surface area contributed by atoms with E-state index in [0.29, 0.717) is 29.4 Å². The normalized spacial score (nSPS) is 15.5. The Bertz CT molecular complexity index is 955. The van der Waals surface area contributed by atoms with Gasteiger partial charge in [0, 0.05) is 5.70 Å². The highest BCUT2D eigenvalue weighted by Crippen LogP contribution is 2.34. The molecular weight excluding hydrogens is 362 g/mol. The Balaban J connectivity index is 2.03. The maximum absolute atomic E-state index is 13.0. The van der Waals surface area contributed by atoms with Crippen molar-refractivity contribution in [3.05, 3.63) is 64.8 Å². The van der Waals surface area contributed by atoms with Gasteiger partial charge in [-0.15, -0.1) is 0 Å². The molecular formula is C21H21NO6. The third-order valence-electron chi connectivity index (χ3n) is 4.39. The van der Waals surface area contributed by atoms with Crippen molar-refractivity contribution in [3.8, 4) is 11.5 Å². The molecule has 1 aromatic heterocycles. The van der Waals surface area contributed by atoms with Crippen molar-refractivity contribution in [1.82, 2.24) is 4.90 Å². The van der Waals surface area contributed by atoms with Gasteiger partial charge >= 0.3 is 5.97 Å². The molecule has 7 heteroatoms. The lowest BCUT2D eigenvalue weighted by Gasteiger charge is -2.16. The molecule has 0 atom stereocenters. The van der Waals surface area contributed by atoms with E-state index in [1.165, 1.54) is 24.3 Å². The average molecular weight is 383 g/mol. The molecule has 1 amide bonds. The lowest BCUT2D eigenvalue weighted by atomic mass is 10.0. The zero-order valence-electron chi connectivity index (χ0n) is 15.9. The van der Waals surface area contributed by atoms with E-state index in [0.717, 1.165) is 0 Å². The van der Waals surface area contributed by atoms with Crippen LogP contribution in [0.1, 0.15) is 25.2 Å². The van der Waals surface area contributed by atoms with Crippen molar-refractivity contribution in [2.75, 3.05) is 13.7 Å². The van der Waals surface area contributed by atoms with Gasteiger partial charge in [0.25, 0.3) is 5.91 Å². The van der Waals surface area contributed by atoms with Gasteiger partial charge in [0.2, 0.25) is 0 Å². The highest BCUT2D eigenvalue weighted by atomic mass is 16.5. The Morgan fingerprint density at radius 2 is 2.11 bits per heavy atom. The molecule has 1 aliphatic heterocycles. The summed E-state index contributed by atoms with van der Waals surface area (Å²) in [6.07, 6.45) is 3.11. The van der Waals surface area contributed by atoms with Gasteiger partial charge in [-0.25, -0.2) is 4.79 Å². The first-order valence-corrected chi connectivity index (χ1v) is 8.77. The molecule has 2 heterocycles. The summed E-state index contributed by atoms with van der Waals surface area (Å²) in [6, 6.07) is 8.22. The van der Waals surface area contributed by atoms with Crippen LogP contribution in [0.25, 0.3) is 6.08 Å². The minimum absolute atomic E-state index is 0.00103. The number of amides is 1. The van der Waals surface area contributed by atoms with Crippen LogP contribution in [0.5, 0.6) is 11.5 Å². The van der Waals surface area contributed by atoms with Gasteiger partial charge in [-0.1, -0.05) is 6.07 Å². The van der Waals surface area contributed by atoms with E-state index >= 15 is 0 Å². The Labute approximate surface area is 162 Å². The Hall–Kier alpha value is -3.48. The second-order valence-electron chi connectivity index (χ2n) is 6.14. The van der Waals surface area contributed by atoms with Crippen LogP contribution in [0.15, 0.2) is 57.9 Å². The number of nitrogens with zero attached hydrogens (tertiary/aromatic N) is 1. The molecule has 146 valence electrons. The number of furan rings is 1. The van der Waals surface area contributed by atoms with Gasteiger partial charge in [-0.3, -0.25) is 4.79 Å². The third-order valence-corrected chi connectivity index (χ3v) is 4.39. The summed E-state index contributed by atoms with van der Waals surface area (Å²) in [7, 11) is 1.27. The molecule has 0 bridgehead atoms. The largest absolute Gasteiger partial charge is 0.504 e. The fourth-order valence-corrected chi connectivity index (χ4v) is 3.04. The van der Waals surface area contributed by atoms with Crippen LogP contribution < -0.4 is 4.74 Å². The molecule has 0 unspecified atom stereocenters. The summed E-state index contributed by atoms with van der Waals surface area (Å²) in [5.41, 5.74) is 1.51. The summed E-state index contributed by atoms with van der Waals surface area (Å²) in [5.74, 6) is -0.0270. The molecule has 2 aromatic rings. The lowest BCUT2D eigenvalue weighted by Crippen LogP contribution is -2.24. The highest BCUT2D eigenvalue weighted by Gasteiger charge is 2.37. The number of phenolic OH excluding ortho intramolecular Hbond substituents is 1. The van der Waals surface area contributed by atoms with Gasteiger partial charge in [0.05, 0.1) is 37.7 Å². The minimum atomic E-state index is -0.595. The molecule has 3 rings (SSSR count). The SMILES string of the molecule is CCOc1cc(C=C2C(=O)N(Cc3ccco3)C(C)=C2C(=O)OC)ccc1O. The van der Waals surface area contributed by atoms with Gasteiger partial charge < -0.3 is 23.9 Å². The lowest BCUT2D eigenvalue weighted by molar-refractivity contribution is -0.136. The predicted octanol–water partition coefficient (Wildman–Crippen LogP) is 3.26. The Morgan fingerprint density at radius 1 is 1.32 bits per heavy atom. The number of esters is 1. The fraction of sp³-hybridized carbons (Fsp3) is 0.238. The summed E-state index contributed by atoms with van der Waals surface area (Å²) < 4.78 is 15.6. The Morgan fingerprint density at radius 3 is 2.75 bits per heavy atom. The molecule has 0 spiro atoms. The number of hydrogen-bond acceptors (Lipinski definition) is 6. The first-order chi connectivity index (χ1) is 13.5. The van der Waals surface area contributed by atoms with Crippen LogP contribution in [0.3, 0.4) is 0 Å². The maximum atomic E-state index is 13.0. The topological polar surface area (TPSA) is 89.2 Å². The standard InChI is InChI=1S/C21H21NO6/c1-4-27-18-11-14(7-8-17(18)23)10-16-19(21(25)26-3)13(2)22(20(16)24)12-15-6-5-9-28-15/h5-11,23H,4,12H2,1-3H3. The number of rotatable bonds is 6. The smallest absolute Gasteiger partial charge is 0.340 e. The number of benzene rings is 1. The number of phenols is 1. The molecule has 0 saturated heterocycles. The molecule has 0 aliphatic carbocycles. The van der Waals surface area contributed by atoms with E-state index in [9.17, 15) is 14.7 Å². The first-order valence-electron chi connectivity index (χ1n) is 8.77. The van der Waals surface area contributed by atoms with E-state index in [1.807, 2.05) is 0 Å². The second kappa shape index (κ2) is 8.04. The van der Waals surface area contributed by atoms with Crippen LogP contribution in [-0.4, -0.2) is 35.6 Å². The fourth-order valence-electron chi connectivity index (χ4n) is 3.04. The van der Waals surface area contributed by atoms with Crippen molar-refractivity contribution in [1.29, 1.82) is 0 Å². The second-order valence-corrected chi connectivity index (χ2v) is 6.14. The highest BCUT2D eigenvalue weighted by molar-refractivity contribution is 6.16. The van der Waals surface area contributed by atoms with Crippen LogP contribution in [0, 0.1) is 0 Å². The molecule has 1 aromatic carbocycles. The van der Waals surface area contributed by atoms with Crippen molar-refractivity contribution < 1.29 is 28.6 Å². The van der Waals surface area contributed by atoms with Crippen LogP contribution in [0.4, 0.5) is 0 Å². The van der Waals surface area contributed by atoms with Crippen molar-refractivity contribution in [2.24, 2.45) is 0 Å². The van der Waals surface area contributed by atoms with Crippen molar-refractivity contribution in [2.45, 2.75) is 20.4 Å². The van der Waals surface area contributed by atoms with Crippen LogP contribution >= 0.6 is 0 Å². The minimum Gasteiger partial charge on any atom is -0.504 e. The van der Waals surface area contributed by atoms with E-state index in [1.54, 1.807) is 44.2 Å². The monoisotopic (exact) mass is 383 g/mol. The van der Waals surface area contributed by atoms with Crippen molar-refractivity contribution >= 4 is 18.0 Å². The number of hydrogen-bond donors (Lipinski definition) is 1. The van der Waals surface area contributed by atoms with E-state index < -0.39 is 5.97 Å². The number of allylic oxidation sites excluding steroid dienone is 1. The molecule has 0 radical (unpaired) electrons. The number of aromatic hydroxyl groups is 1. The number of carbonyl (C=O) groups excluding carboxylic acids is 2. The molecule has 0 saturated carbocycles. The zero-order chi connectivity index (χ0) is 20.3. The van der Waals surface area contributed by atoms with Gasteiger partial charge in [-0.2, -0.15) is 0 Å². The average Bonchev–Trinajstić information content (AvgIpc) is 3.27. The molecule has 0 fully saturated rings. The summed E-state index contributed by atoms with van der Waals surface area (Å²) in [4.78, 5) is 26.9. The summed E-state index contributed by atoms with van der Waals surface area (Å²) in [5, 5.41) is 9.87. The van der Waals surface area contributed by atoms with Gasteiger partial charge in [0.15, 0.2) is 11.5 Å². The van der Waals surface area contributed by atoms with E-state index in [2.05, 4.69) is 0 Å². The Kier molecular flexibility index (Phi) is 5.54. The summed E-state index contributed by atoms with van der Waals surface area (Å²) >= 11 is 0. The molecule has 28 heavy (non-hydrogen) atoms. The van der Waals surface area contributed by atoms with Crippen LogP contribution in [0.2, 0.25) is 0 Å². The summed E-state index contributed by atoms with van der Waals surface area (Å²) in [6.45, 7) is 4.08. The van der Waals surface area contributed by atoms with E-state index in [-0.39, 0.29) is 29.3 Å². The van der Waals surface area contributed by atoms with Gasteiger partial charge in [0.1, 0.15) is 5.76 Å². The van der Waals surface area contributed by atoms with E-state index in [4.69, 9.17) is 13.9 Å². The van der Waals surface area contributed by atoms with Gasteiger partial charge in [-0.05, 0) is 49.8 Å².